The van der Waals surface area contributed by atoms with Crippen molar-refractivity contribution in [2.45, 2.75) is 6.04 Å². The van der Waals surface area contributed by atoms with Crippen molar-refractivity contribution in [1.82, 2.24) is 0 Å². The summed E-state index contributed by atoms with van der Waals surface area (Å²) >= 11 is 0. The monoisotopic (exact) mass is 132 g/mol. The van der Waals surface area contributed by atoms with Crippen LogP contribution in [-0.4, -0.2) is 0 Å². The zero-order valence-corrected chi connectivity index (χ0v) is 5.75. The van der Waals surface area contributed by atoms with E-state index in [0.717, 1.165) is 5.56 Å². The maximum atomic E-state index is 5.66. The molecule has 1 aromatic carbocycles. The Kier molecular flexibility index (Phi) is 2.24. The Labute approximate surface area is 61.2 Å². The molecule has 1 rings (SSSR count). The minimum atomic E-state index is -0.0467. The first-order chi connectivity index (χ1) is 4.84. The molecule has 0 heterocycles. The average molecular weight is 132 g/mol. The fourth-order valence-corrected chi connectivity index (χ4v) is 0.758. The summed E-state index contributed by atoms with van der Waals surface area (Å²) in [6, 6.07) is 10.4. The third kappa shape index (κ3) is 1.45. The van der Waals surface area contributed by atoms with Crippen molar-refractivity contribution in [3.05, 3.63) is 48.6 Å². The van der Waals surface area contributed by atoms with Crippen LogP contribution in [0, 0.1) is 6.07 Å². The summed E-state index contributed by atoms with van der Waals surface area (Å²) in [4.78, 5) is 0. The van der Waals surface area contributed by atoms with Crippen LogP contribution in [0.25, 0.3) is 0 Å². The third-order valence-corrected chi connectivity index (χ3v) is 1.38. The molecule has 0 bridgehead atoms. The first-order valence-electron chi connectivity index (χ1n) is 3.18. The van der Waals surface area contributed by atoms with Gasteiger partial charge < -0.3 is 5.73 Å². The highest BCUT2D eigenvalue weighted by Crippen LogP contribution is 2.08. The molecule has 2 N–H and O–H groups in total. The van der Waals surface area contributed by atoms with Crippen LogP contribution in [-0.2, 0) is 0 Å². The molecule has 0 aliphatic carbocycles. The summed E-state index contributed by atoms with van der Waals surface area (Å²) in [6.07, 6.45) is 1.72. The molecule has 0 aliphatic heterocycles. The van der Waals surface area contributed by atoms with Crippen molar-refractivity contribution in [2.75, 3.05) is 0 Å². The summed E-state index contributed by atoms with van der Waals surface area (Å²) in [7, 11) is 0. The first-order valence-corrected chi connectivity index (χ1v) is 3.18. The molecule has 0 saturated heterocycles. The van der Waals surface area contributed by atoms with Crippen molar-refractivity contribution in [3.63, 3.8) is 0 Å². The molecule has 0 aliphatic rings. The fourth-order valence-electron chi connectivity index (χ4n) is 0.758. The molecular formula is C9H10N. The van der Waals surface area contributed by atoms with E-state index < -0.39 is 0 Å². The van der Waals surface area contributed by atoms with Gasteiger partial charge in [0.25, 0.3) is 0 Å². The minimum absolute atomic E-state index is 0.0467. The van der Waals surface area contributed by atoms with Gasteiger partial charge in [0.15, 0.2) is 0 Å². The molecule has 1 unspecified atom stereocenters. The SMILES string of the molecule is C=CC(N)c1cc[c]cc1. The molecule has 1 heteroatoms. The van der Waals surface area contributed by atoms with Crippen LogP contribution in [0.4, 0.5) is 0 Å². The van der Waals surface area contributed by atoms with E-state index in [-0.39, 0.29) is 6.04 Å². The van der Waals surface area contributed by atoms with E-state index in [0.29, 0.717) is 0 Å². The van der Waals surface area contributed by atoms with E-state index in [9.17, 15) is 0 Å². The molecule has 10 heavy (non-hydrogen) atoms. The van der Waals surface area contributed by atoms with Gasteiger partial charge >= 0.3 is 0 Å². The van der Waals surface area contributed by atoms with E-state index in [1.807, 2.05) is 24.3 Å². The lowest BCUT2D eigenvalue weighted by molar-refractivity contribution is 0.914. The summed E-state index contributed by atoms with van der Waals surface area (Å²) < 4.78 is 0. The van der Waals surface area contributed by atoms with Gasteiger partial charge in [-0.05, 0) is 11.6 Å². The summed E-state index contributed by atoms with van der Waals surface area (Å²) in [5.74, 6) is 0. The average Bonchev–Trinajstić information content (AvgIpc) is 2.05. The standard InChI is InChI=1S/C9H10N/c1-2-9(10)8-6-4-3-5-7-8/h2,4-7,9H,1,10H2. The van der Waals surface area contributed by atoms with Crippen molar-refractivity contribution in [2.24, 2.45) is 5.73 Å². The Bertz CT molecular complexity index is 203. The number of benzene rings is 1. The highest BCUT2D eigenvalue weighted by molar-refractivity contribution is 5.20. The second kappa shape index (κ2) is 3.18. The topological polar surface area (TPSA) is 26.0 Å². The van der Waals surface area contributed by atoms with Gasteiger partial charge in [0.05, 0.1) is 0 Å². The lowest BCUT2D eigenvalue weighted by Gasteiger charge is -2.03. The van der Waals surface area contributed by atoms with Gasteiger partial charge in [0.1, 0.15) is 0 Å². The molecule has 51 valence electrons. The maximum Gasteiger partial charge on any atom is 0.0478 e. The highest BCUT2D eigenvalue weighted by atomic mass is 14.6. The van der Waals surface area contributed by atoms with Gasteiger partial charge in [-0.25, -0.2) is 0 Å². The maximum absolute atomic E-state index is 5.66. The Hall–Kier alpha value is -1.08. The molecule has 1 radical (unpaired) electrons. The Morgan fingerprint density at radius 3 is 2.60 bits per heavy atom. The molecule has 1 atom stereocenters. The number of rotatable bonds is 2. The zero-order valence-electron chi connectivity index (χ0n) is 5.75. The van der Waals surface area contributed by atoms with Gasteiger partial charge in [0, 0.05) is 6.04 Å². The zero-order chi connectivity index (χ0) is 7.40. The van der Waals surface area contributed by atoms with Gasteiger partial charge in [-0.2, -0.15) is 0 Å². The predicted octanol–water partition coefficient (Wildman–Crippen LogP) is 1.67. The lowest BCUT2D eigenvalue weighted by atomic mass is 10.1. The normalized spacial score (nSPS) is 12.5. The molecular weight excluding hydrogens is 122 g/mol. The second-order valence-corrected chi connectivity index (χ2v) is 2.09. The van der Waals surface area contributed by atoms with Crippen LogP contribution in [0.5, 0.6) is 0 Å². The smallest absolute Gasteiger partial charge is 0.0478 e. The van der Waals surface area contributed by atoms with Gasteiger partial charge in [-0.15, -0.1) is 6.58 Å². The van der Waals surface area contributed by atoms with Crippen molar-refractivity contribution < 1.29 is 0 Å². The molecule has 0 spiro atoms. The lowest BCUT2D eigenvalue weighted by Crippen LogP contribution is -2.05. The number of hydrogen-bond donors (Lipinski definition) is 1. The van der Waals surface area contributed by atoms with Crippen LogP contribution >= 0.6 is 0 Å². The van der Waals surface area contributed by atoms with Gasteiger partial charge in [0.2, 0.25) is 0 Å². The largest absolute Gasteiger partial charge is 0.321 e. The van der Waals surface area contributed by atoms with Crippen molar-refractivity contribution in [3.8, 4) is 0 Å². The molecule has 0 aromatic heterocycles. The molecule has 0 saturated carbocycles. The van der Waals surface area contributed by atoms with E-state index in [2.05, 4.69) is 12.6 Å². The fraction of sp³-hybridized carbons (Fsp3) is 0.111. The summed E-state index contributed by atoms with van der Waals surface area (Å²) in [6.45, 7) is 3.60. The van der Waals surface area contributed by atoms with Crippen LogP contribution in [0.2, 0.25) is 0 Å². The Morgan fingerprint density at radius 1 is 1.50 bits per heavy atom. The molecule has 0 fully saturated rings. The number of nitrogens with two attached hydrogens (primary N) is 1. The number of hydrogen-bond acceptors (Lipinski definition) is 1. The summed E-state index contributed by atoms with van der Waals surface area (Å²) in [5.41, 5.74) is 6.74. The van der Waals surface area contributed by atoms with Gasteiger partial charge in [-0.1, -0.05) is 30.3 Å². The second-order valence-electron chi connectivity index (χ2n) is 2.09. The minimum Gasteiger partial charge on any atom is -0.321 e. The Balaban J connectivity index is 2.84. The van der Waals surface area contributed by atoms with Crippen LogP contribution in [0.3, 0.4) is 0 Å². The van der Waals surface area contributed by atoms with Crippen molar-refractivity contribution in [1.29, 1.82) is 0 Å². The van der Waals surface area contributed by atoms with Crippen LogP contribution < -0.4 is 5.73 Å². The predicted molar refractivity (Wildman–Crippen MR) is 42.4 cm³/mol. The third-order valence-electron chi connectivity index (χ3n) is 1.38. The van der Waals surface area contributed by atoms with Crippen LogP contribution in [0.15, 0.2) is 36.9 Å². The van der Waals surface area contributed by atoms with E-state index in [1.165, 1.54) is 0 Å². The molecule has 1 nitrogen and oxygen atoms in total. The van der Waals surface area contributed by atoms with Crippen LogP contribution in [0.1, 0.15) is 11.6 Å². The van der Waals surface area contributed by atoms with E-state index in [4.69, 9.17) is 5.73 Å². The quantitative estimate of drug-likeness (QED) is 0.608. The molecule has 0 amide bonds. The van der Waals surface area contributed by atoms with E-state index in [1.54, 1.807) is 6.08 Å². The van der Waals surface area contributed by atoms with Gasteiger partial charge in [-0.3, -0.25) is 0 Å². The summed E-state index contributed by atoms with van der Waals surface area (Å²) in [5, 5.41) is 0. The Morgan fingerprint density at radius 2 is 2.10 bits per heavy atom. The first kappa shape index (κ1) is 7.03. The van der Waals surface area contributed by atoms with Crippen molar-refractivity contribution >= 4 is 0 Å². The van der Waals surface area contributed by atoms with E-state index >= 15 is 0 Å². The molecule has 1 aromatic rings. The highest BCUT2D eigenvalue weighted by Gasteiger charge is 1.96.